The largest absolute Gasteiger partial charge is 0.481 e. The van der Waals surface area contributed by atoms with Crippen molar-refractivity contribution in [1.29, 1.82) is 0 Å². The van der Waals surface area contributed by atoms with Gasteiger partial charge in [-0.15, -0.1) is 0 Å². The van der Waals surface area contributed by atoms with Crippen LogP contribution in [0.1, 0.15) is 23.7 Å². The molecular formula is C15H13FO3. The third-order valence-electron chi connectivity index (χ3n) is 3.55. The highest BCUT2D eigenvalue weighted by atomic mass is 19.1. The summed E-state index contributed by atoms with van der Waals surface area (Å²) in [5.41, 5.74) is 1.63. The zero-order valence-corrected chi connectivity index (χ0v) is 10.4. The normalized spacial score (nSPS) is 21.4. The highest BCUT2D eigenvalue weighted by Crippen LogP contribution is 2.48. The third-order valence-corrected chi connectivity index (χ3v) is 3.55. The average Bonchev–Trinajstić information content (AvgIpc) is 3.01. The van der Waals surface area contributed by atoms with E-state index in [9.17, 15) is 9.18 Å². The number of hydrogen-bond donors (Lipinski definition) is 1. The van der Waals surface area contributed by atoms with Crippen LogP contribution >= 0.6 is 0 Å². The van der Waals surface area contributed by atoms with E-state index in [1.54, 1.807) is 6.07 Å². The number of carbonyl (C=O) groups is 1. The Morgan fingerprint density at radius 1 is 1.37 bits per heavy atom. The number of rotatable bonds is 3. The second-order valence-corrected chi connectivity index (χ2v) is 4.95. The van der Waals surface area contributed by atoms with Crippen LogP contribution in [-0.4, -0.2) is 11.1 Å². The molecule has 1 aromatic heterocycles. The number of aliphatic carboxylic acids is 1. The van der Waals surface area contributed by atoms with Gasteiger partial charge in [-0.1, -0.05) is 0 Å². The minimum absolute atomic E-state index is 0.0213. The summed E-state index contributed by atoms with van der Waals surface area (Å²) < 4.78 is 18.8. The maximum Gasteiger partial charge on any atom is 0.307 e. The van der Waals surface area contributed by atoms with E-state index in [1.807, 2.05) is 19.1 Å². The van der Waals surface area contributed by atoms with Gasteiger partial charge in [-0.25, -0.2) is 4.39 Å². The number of carboxylic acids is 1. The molecule has 2 aromatic rings. The van der Waals surface area contributed by atoms with Gasteiger partial charge in [0.2, 0.25) is 0 Å². The number of furan rings is 1. The van der Waals surface area contributed by atoms with Crippen LogP contribution in [0.4, 0.5) is 4.39 Å². The molecule has 3 rings (SSSR count). The molecule has 98 valence electrons. The van der Waals surface area contributed by atoms with Crippen LogP contribution in [0.2, 0.25) is 0 Å². The fraction of sp³-hybridized carbons (Fsp3) is 0.267. The van der Waals surface area contributed by atoms with Crippen molar-refractivity contribution in [3.05, 3.63) is 47.5 Å². The molecule has 0 saturated heterocycles. The second-order valence-electron chi connectivity index (χ2n) is 4.95. The van der Waals surface area contributed by atoms with Gasteiger partial charge in [0, 0.05) is 11.5 Å². The van der Waals surface area contributed by atoms with Gasteiger partial charge in [0.05, 0.1) is 5.92 Å². The van der Waals surface area contributed by atoms with Crippen LogP contribution in [-0.2, 0) is 4.79 Å². The fourth-order valence-electron chi connectivity index (χ4n) is 2.38. The molecule has 1 saturated carbocycles. The molecule has 0 amide bonds. The summed E-state index contributed by atoms with van der Waals surface area (Å²) in [5.74, 6) is -0.0444. The number of halogens is 1. The first-order chi connectivity index (χ1) is 9.06. The lowest BCUT2D eigenvalue weighted by molar-refractivity contribution is -0.138. The minimum atomic E-state index is -0.777. The topological polar surface area (TPSA) is 50.4 Å². The van der Waals surface area contributed by atoms with E-state index in [-0.39, 0.29) is 17.7 Å². The van der Waals surface area contributed by atoms with Crippen LogP contribution in [0.3, 0.4) is 0 Å². The van der Waals surface area contributed by atoms with Crippen molar-refractivity contribution < 1.29 is 18.7 Å². The monoisotopic (exact) mass is 260 g/mol. The van der Waals surface area contributed by atoms with Crippen molar-refractivity contribution in [2.24, 2.45) is 5.92 Å². The zero-order valence-electron chi connectivity index (χ0n) is 10.4. The Labute approximate surface area is 109 Å². The number of carboxylic acid groups (broad SMARTS) is 1. The molecule has 1 aliphatic carbocycles. The van der Waals surface area contributed by atoms with Crippen LogP contribution in [0.5, 0.6) is 0 Å². The summed E-state index contributed by atoms with van der Waals surface area (Å²) in [6, 6.07) is 8.14. The molecule has 1 aromatic carbocycles. The van der Waals surface area contributed by atoms with E-state index in [0.717, 1.165) is 11.1 Å². The first kappa shape index (κ1) is 12.0. The Hall–Kier alpha value is -2.10. The van der Waals surface area contributed by atoms with Crippen LogP contribution in [0.15, 0.2) is 34.7 Å². The Bertz CT molecular complexity index is 645. The highest BCUT2D eigenvalue weighted by molar-refractivity contribution is 5.75. The molecule has 0 bridgehead atoms. The molecule has 1 fully saturated rings. The molecule has 1 N–H and O–H groups in total. The van der Waals surface area contributed by atoms with E-state index >= 15 is 0 Å². The quantitative estimate of drug-likeness (QED) is 0.917. The standard InChI is InChI=1S/C15H13FO3/c1-8-6-9(16)2-3-10(8)13-4-5-14(19-13)11-7-12(11)15(17)18/h2-6,11-12H,7H2,1H3,(H,17,18). The summed E-state index contributed by atoms with van der Waals surface area (Å²) in [6.07, 6.45) is 0.630. The van der Waals surface area contributed by atoms with Gasteiger partial charge in [0.1, 0.15) is 17.3 Å². The third kappa shape index (κ3) is 2.14. The average molecular weight is 260 g/mol. The van der Waals surface area contributed by atoms with Crippen LogP contribution in [0, 0.1) is 18.7 Å². The summed E-state index contributed by atoms with van der Waals surface area (Å²) >= 11 is 0. The number of benzene rings is 1. The molecule has 3 nitrogen and oxygen atoms in total. The van der Waals surface area contributed by atoms with Crippen molar-refractivity contribution in [2.75, 3.05) is 0 Å². The summed E-state index contributed by atoms with van der Waals surface area (Å²) in [5, 5.41) is 8.90. The van der Waals surface area contributed by atoms with Crippen molar-refractivity contribution in [1.82, 2.24) is 0 Å². The molecule has 0 spiro atoms. The number of hydrogen-bond acceptors (Lipinski definition) is 2. The van der Waals surface area contributed by atoms with Gasteiger partial charge in [-0.05, 0) is 49.2 Å². The van der Waals surface area contributed by atoms with E-state index in [1.165, 1.54) is 12.1 Å². The van der Waals surface area contributed by atoms with Gasteiger partial charge in [0.25, 0.3) is 0 Å². The van der Waals surface area contributed by atoms with Crippen molar-refractivity contribution in [3.8, 4) is 11.3 Å². The lowest BCUT2D eigenvalue weighted by atomic mass is 10.1. The Morgan fingerprint density at radius 3 is 2.79 bits per heavy atom. The minimum Gasteiger partial charge on any atom is -0.481 e. The van der Waals surface area contributed by atoms with Crippen LogP contribution in [0.25, 0.3) is 11.3 Å². The molecule has 0 aliphatic heterocycles. The molecular weight excluding hydrogens is 247 g/mol. The highest BCUT2D eigenvalue weighted by Gasteiger charge is 2.46. The molecule has 2 atom stereocenters. The summed E-state index contributed by atoms with van der Waals surface area (Å²) in [6.45, 7) is 1.82. The van der Waals surface area contributed by atoms with E-state index in [0.29, 0.717) is 17.9 Å². The smallest absolute Gasteiger partial charge is 0.307 e. The molecule has 1 heterocycles. The first-order valence-electron chi connectivity index (χ1n) is 6.15. The van der Waals surface area contributed by atoms with Gasteiger partial charge < -0.3 is 9.52 Å². The number of aryl methyl sites for hydroxylation is 1. The van der Waals surface area contributed by atoms with Gasteiger partial charge in [-0.2, -0.15) is 0 Å². The predicted octanol–water partition coefficient (Wildman–Crippen LogP) is 3.58. The molecule has 4 heteroatoms. The Balaban J connectivity index is 1.88. The van der Waals surface area contributed by atoms with Crippen molar-refractivity contribution in [3.63, 3.8) is 0 Å². The Morgan fingerprint density at radius 2 is 2.16 bits per heavy atom. The van der Waals surface area contributed by atoms with Gasteiger partial charge >= 0.3 is 5.97 Å². The molecule has 19 heavy (non-hydrogen) atoms. The lowest BCUT2D eigenvalue weighted by Crippen LogP contribution is -1.98. The molecule has 1 aliphatic rings. The maximum atomic E-state index is 13.1. The maximum absolute atomic E-state index is 13.1. The van der Waals surface area contributed by atoms with E-state index in [4.69, 9.17) is 9.52 Å². The van der Waals surface area contributed by atoms with E-state index < -0.39 is 5.97 Å². The Kier molecular flexibility index (Phi) is 2.66. The summed E-state index contributed by atoms with van der Waals surface area (Å²) in [7, 11) is 0. The fourth-order valence-corrected chi connectivity index (χ4v) is 2.38. The zero-order chi connectivity index (χ0) is 13.6. The van der Waals surface area contributed by atoms with Crippen LogP contribution < -0.4 is 0 Å². The van der Waals surface area contributed by atoms with Crippen molar-refractivity contribution >= 4 is 5.97 Å². The van der Waals surface area contributed by atoms with Gasteiger partial charge in [-0.3, -0.25) is 4.79 Å². The summed E-state index contributed by atoms with van der Waals surface area (Å²) in [4.78, 5) is 10.8. The first-order valence-corrected chi connectivity index (χ1v) is 6.15. The SMILES string of the molecule is Cc1cc(F)ccc1-c1ccc(C2CC2C(=O)O)o1. The lowest BCUT2D eigenvalue weighted by Gasteiger charge is -2.02. The molecule has 0 radical (unpaired) electrons. The second kappa shape index (κ2) is 4.23. The van der Waals surface area contributed by atoms with E-state index in [2.05, 4.69) is 0 Å². The van der Waals surface area contributed by atoms with Gasteiger partial charge in [0.15, 0.2) is 0 Å². The predicted molar refractivity (Wildman–Crippen MR) is 67.3 cm³/mol. The van der Waals surface area contributed by atoms with Crippen molar-refractivity contribution in [2.45, 2.75) is 19.3 Å². The molecule has 2 unspecified atom stereocenters.